The molecule has 19 heavy (non-hydrogen) atoms. The highest BCUT2D eigenvalue weighted by Gasteiger charge is 2.12. The highest BCUT2D eigenvalue weighted by Crippen LogP contribution is 2.19. The van der Waals surface area contributed by atoms with Gasteiger partial charge in [-0.2, -0.15) is 0 Å². The molecule has 0 spiro atoms. The fourth-order valence-corrected chi connectivity index (χ4v) is 1.94. The van der Waals surface area contributed by atoms with Gasteiger partial charge in [0.1, 0.15) is 5.82 Å². The number of rotatable bonds is 5. The molecule has 0 fully saturated rings. The minimum Gasteiger partial charge on any atom is -0.383 e. The van der Waals surface area contributed by atoms with Crippen molar-refractivity contribution in [2.75, 3.05) is 19.0 Å². The Balaban J connectivity index is 2.33. The molecule has 2 aromatic rings. The minimum absolute atomic E-state index is 0.0947. The van der Waals surface area contributed by atoms with Crippen molar-refractivity contribution in [3.8, 4) is 5.69 Å². The first-order valence-electron chi connectivity index (χ1n) is 6.18. The largest absolute Gasteiger partial charge is 0.383 e. The molecule has 1 N–H and O–H groups in total. The number of hydrogen-bond donors (Lipinski definition) is 1. The van der Waals surface area contributed by atoms with Crippen molar-refractivity contribution in [2.45, 2.75) is 19.9 Å². The number of ether oxygens (including phenoxy) is 1. The predicted octanol–water partition coefficient (Wildman–Crippen LogP) is 2.77. The maximum atomic E-state index is 13.8. The minimum atomic E-state index is -0.276. The summed E-state index contributed by atoms with van der Waals surface area (Å²) in [5.41, 5.74) is 1.31. The third-order valence-electron chi connectivity index (χ3n) is 2.73. The van der Waals surface area contributed by atoms with E-state index in [9.17, 15) is 4.39 Å². The Bertz CT molecular complexity index is 553. The van der Waals surface area contributed by atoms with Crippen molar-refractivity contribution < 1.29 is 9.13 Å². The van der Waals surface area contributed by atoms with Gasteiger partial charge >= 0.3 is 0 Å². The molecular weight excluding hydrogens is 245 g/mol. The molecule has 0 aliphatic rings. The summed E-state index contributed by atoms with van der Waals surface area (Å²) in [7, 11) is 1.65. The van der Waals surface area contributed by atoms with Crippen molar-refractivity contribution in [1.82, 2.24) is 9.55 Å². The number of aromatic nitrogens is 2. The summed E-state index contributed by atoms with van der Waals surface area (Å²) < 4.78 is 20.6. The van der Waals surface area contributed by atoms with Gasteiger partial charge in [-0.05, 0) is 26.0 Å². The normalized spacial score (nSPS) is 12.4. The van der Waals surface area contributed by atoms with Crippen LogP contribution in [0.1, 0.15) is 12.6 Å². The van der Waals surface area contributed by atoms with Crippen molar-refractivity contribution in [2.24, 2.45) is 0 Å². The lowest BCUT2D eigenvalue weighted by Crippen LogP contribution is -2.23. The number of halogens is 1. The van der Waals surface area contributed by atoms with Crippen LogP contribution in [0.5, 0.6) is 0 Å². The van der Waals surface area contributed by atoms with Gasteiger partial charge in [0.25, 0.3) is 0 Å². The lowest BCUT2D eigenvalue weighted by molar-refractivity contribution is 0.190. The van der Waals surface area contributed by atoms with E-state index in [0.717, 1.165) is 5.69 Å². The molecule has 4 nitrogen and oxygen atoms in total. The van der Waals surface area contributed by atoms with E-state index in [1.54, 1.807) is 36.1 Å². The zero-order valence-electron chi connectivity index (χ0n) is 11.4. The van der Waals surface area contributed by atoms with Crippen LogP contribution in [0, 0.1) is 12.7 Å². The van der Waals surface area contributed by atoms with Crippen LogP contribution in [0.15, 0.2) is 30.5 Å². The van der Waals surface area contributed by atoms with E-state index < -0.39 is 0 Å². The number of para-hydroxylation sites is 1. The van der Waals surface area contributed by atoms with Crippen LogP contribution in [0.4, 0.5) is 10.3 Å². The molecule has 1 atom stereocenters. The standard InChI is InChI=1S/C14H18FN3O/c1-10-8-18(13-7-5-4-6-12(13)15)14(16-10)17-11(2)9-19-3/h4-8,11H,9H2,1-3H3,(H,16,17). The molecular formula is C14H18FN3O. The maximum Gasteiger partial charge on any atom is 0.208 e. The number of methoxy groups -OCH3 is 1. The second-order valence-corrected chi connectivity index (χ2v) is 4.53. The first-order chi connectivity index (χ1) is 9.11. The van der Waals surface area contributed by atoms with Crippen molar-refractivity contribution in [3.63, 3.8) is 0 Å². The second kappa shape index (κ2) is 5.84. The molecule has 0 bridgehead atoms. The summed E-state index contributed by atoms with van der Waals surface area (Å²) in [5, 5.41) is 3.22. The van der Waals surface area contributed by atoms with Crippen molar-refractivity contribution >= 4 is 5.95 Å². The van der Waals surface area contributed by atoms with E-state index in [1.807, 2.05) is 13.8 Å². The number of benzene rings is 1. The molecule has 0 aliphatic carbocycles. The van der Waals surface area contributed by atoms with Crippen LogP contribution in [-0.4, -0.2) is 29.3 Å². The molecule has 2 rings (SSSR count). The highest BCUT2D eigenvalue weighted by atomic mass is 19.1. The molecule has 5 heteroatoms. The first kappa shape index (κ1) is 13.5. The zero-order valence-corrected chi connectivity index (χ0v) is 11.4. The van der Waals surface area contributed by atoms with Crippen LogP contribution in [0.25, 0.3) is 5.69 Å². The predicted molar refractivity (Wildman–Crippen MR) is 73.2 cm³/mol. The molecule has 1 aromatic heterocycles. The van der Waals surface area contributed by atoms with Gasteiger partial charge in [0.2, 0.25) is 5.95 Å². The fourth-order valence-electron chi connectivity index (χ4n) is 1.94. The number of hydrogen-bond acceptors (Lipinski definition) is 3. The number of imidazole rings is 1. The third-order valence-corrected chi connectivity index (χ3v) is 2.73. The van der Waals surface area contributed by atoms with Gasteiger partial charge in [0.15, 0.2) is 0 Å². The Hall–Kier alpha value is -1.88. The molecule has 1 unspecified atom stereocenters. The van der Waals surface area contributed by atoms with Crippen molar-refractivity contribution in [3.05, 3.63) is 42.0 Å². The average molecular weight is 263 g/mol. The van der Waals surface area contributed by atoms with E-state index in [4.69, 9.17) is 4.74 Å². The molecule has 0 saturated carbocycles. The molecule has 102 valence electrons. The van der Waals surface area contributed by atoms with E-state index in [2.05, 4.69) is 10.3 Å². The lowest BCUT2D eigenvalue weighted by Gasteiger charge is -2.15. The summed E-state index contributed by atoms with van der Waals surface area (Å²) in [6.45, 7) is 4.42. The van der Waals surface area contributed by atoms with Crippen molar-refractivity contribution in [1.29, 1.82) is 0 Å². The molecule has 0 amide bonds. The van der Waals surface area contributed by atoms with E-state index >= 15 is 0 Å². The second-order valence-electron chi connectivity index (χ2n) is 4.53. The molecule has 0 saturated heterocycles. The van der Waals surface area contributed by atoms with Crippen LogP contribution in [-0.2, 0) is 4.74 Å². The van der Waals surface area contributed by atoms with Gasteiger partial charge in [-0.1, -0.05) is 12.1 Å². The van der Waals surface area contributed by atoms with Gasteiger partial charge in [-0.15, -0.1) is 0 Å². The SMILES string of the molecule is COCC(C)Nc1nc(C)cn1-c1ccccc1F. The number of nitrogens with zero attached hydrogens (tertiary/aromatic N) is 2. The van der Waals surface area contributed by atoms with Gasteiger partial charge < -0.3 is 10.1 Å². The Morgan fingerprint density at radius 2 is 2.16 bits per heavy atom. The summed E-state index contributed by atoms with van der Waals surface area (Å²) in [6, 6.07) is 6.73. The summed E-state index contributed by atoms with van der Waals surface area (Å²) in [4.78, 5) is 4.38. The quantitative estimate of drug-likeness (QED) is 0.901. The summed E-state index contributed by atoms with van der Waals surface area (Å²) >= 11 is 0. The van der Waals surface area contributed by atoms with Gasteiger partial charge in [-0.25, -0.2) is 9.37 Å². The van der Waals surface area contributed by atoms with Gasteiger partial charge in [0, 0.05) is 19.3 Å². The van der Waals surface area contributed by atoms with Crippen LogP contribution < -0.4 is 5.32 Å². The van der Waals surface area contributed by atoms with Crippen LogP contribution >= 0.6 is 0 Å². The zero-order chi connectivity index (χ0) is 13.8. The average Bonchev–Trinajstić information content (AvgIpc) is 2.71. The highest BCUT2D eigenvalue weighted by molar-refractivity contribution is 5.44. The Morgan fingerprint density at radius 1 is 1.42 bits per heavy atom. The smallest absolute Gasteiger partial charge is 0.208 e. The molecule has 0 aliphatic heterocycles. The molecule has 1 aromatic carbocycles. The molecule has 0 radical (unpaired) electrons. The van der Waals surface area contributed by atoms with Crippen LogP contribution in [0.3, 0.4) is 0 Å². The van der Waals surface area contributed by atoms with Crippen LogP contribution in [0.2, 0.25) is 0 Å². The lowest BCUT2D eigenvalue weighted by atomic mass is 10.3. The van der Waals surface area contributed by atoms with E-state index in [-0.39, 0.29) is 11.9 Å². The first-order valence-corrected chi connectivity index (χ1v) is 6.18. The summed E-state index contributed by atoms with van der Waals surface area (Å²) in [5.74, 6) is 0.342. The Morgan fingerprint density at radius 3 is 2.84 bits per heavy atom. The fraction of sp³-hybridized carbons (Fsp3) is 0.357. The number of anilines is 1. The topological polar surface area (TPSA) is 39.1 Å². The third kappa shape index (κ3) is 3.12. The summed E-state index contributed by atoms with van der Waals surface area (Å²) in [6.07, 6.45) is 1.81. The van der Waals surface area contributed by atoms with Gasteiger partial charge in [0.05, 0.1) is 18.0 Å². The van der Waals surface area contributed by atoms with E-state index in [1.165, 1.54) is 6.07 Å². The number of nitrogens with one attached hydrogen (secondary N) is 1. The van der Waals surface area contributed by atoms with Gasteiger partial charge in [-0.3, -0.25) is 4.57 Å². The Labute approximate surface area is 112 Å². The number of aryl methyl sites for hydroxylation is 1. The Kier molecular flexibility index (Phi) is 4.16. The van der Waals surface area contributed by atoms with E-state index in [0.29, 0.717) is 18.2 Å². The maximum absolute atomic E-state index is 13.8. The monoisotopic (exact) mass is 263 g/mol. The molecule has 1 heterocycles.